The van der Waals surface area contributed by atoms with Crippen LogP contribution in [0.25, 0.3) is 0 Å². The number of benzene rings is 2. The standard InChI is InChI=1S/C16H14BrClFNO/c1-16(10-18,11-6-3-2-4-7-11)20-15(21)12-8-5-9-13(19)14(12)17/h2-9H,10H2,1H3,(H,20,21). The molecule has 0 radical (unpaired) electrons. The van der Waals surface area contributed by atoms with Gasteiger partial charge in [-0.3, -0.25) is 4.79 Å². The van der Waals surface area contributed by atoms with E-state index in [1.54, 1.807) is 6.07 Å². The van der Waals surface area contributed by atoms with E-state index in [0.717, 1.165) is 5.56 Å². The number of nitrogens with one attached hydrogen (secondary N) is 1. The lowest BCUT2D eigenvalue weighted by Crippen LogP contribution is -2.45. The van der Waals surface area contributed by atoms with Crippen molar-refractivity contribution in [3.05, 3.63) is 69.9 Å². The van der Waals surface area contributed by atoms with Crippen LogP contribution in [0.2, 0.25) is 0 Å². The van der Waals surface area contributed by atoms with Gasteiger partial charge in [0.25, 0.3) is 5.91 Å². The maximum atomic E-state index is 13.5. The van der Waals surface area contributed by atoms with Gasteiger partial charge in [0.2, 0.25) is 0 Å². The Hall–Kier alpha value is -1.39. The molecule has 2 aromatic rings. The van der Waals surface area contributed by atoms with Crippen molar-refractivity contribution in [1.82, 2.24) is 5.32 Å². The van der Waals surface area contributed by atoms with Gasteiger partial charge in [0, 0.05) is 5.88 Å². The molecule has 110 valence electrons. The summed E-state index contributed by atoms with van der Waals surface area (Å²) in [4.78, 5) is 12.4. The van der Waals surface area contributed by atoms with Crippen LogP contribution >= 0.6 is 27.5 Å². The fourth-order valence-electron chi connectivity index (χ4n) is 1.99. The molecule has 0 aliphatic heterocycles. The molecule has 0 bridgehead atoms. The van der Waals surface area contributed by atoms with E-state index >= 15 is 0 Å². The fourth-order valence-corrected chi connectivity index (χ4v) is 2.65. The Balaban J connectivity index is 2.30. The van der Waals surface area contributed by atoms with Crippen molar-refractivity contribution in [3.8, 4) is 0 Å². The summed E-state index contributed by atoms with van der Waals surface area (Å²) >= 11 is 9.14. The molecule has 1 atom stereocenters. The molecule has 21 heavy (non-hydrogen) atoms. The second kappa shape index (κ2) is 6.58. The zero-order valence-electron chi connectivity index (χ0n) is 11.4. The quantitative estimate of drug-likeness (QED) is 0.790. The minimum Gasteiger partial charge on any atom is -0.342 e. The van der Waals surface area contributed by atoms with Crippen molar-refractivity contribution in [1.29, 1.82) is 0 Å². The second-order valence-electron chi connectivity index (χ2n) is 4.89. The van der Waals surface area contributed by atoms with Gasteiger partial charge >= 0.3 is 0 Å². The Labute approximate surface area is 136 Å². The molecule has 1 amide bonds. The summed E-state index contributed by atoms with van der Waals surface area (Å²) in [5, 5.41) is 2.88. The van der Waals surface area contributed by atoms with E-state index in [1.165, 1.54) is 12.1 Å². The fraction of sp³-hybridized carbons (Fsp3) is 0.188. The zero-order chi connectivity index (χ0) is 15.5. The van der Waals surface area contributed by atoms with E-state index in [-0.39, 0.29) is 21.8 Å². The average molecular weight is 371 g/mol. The SMILES string of the molecule is CC(CCl)(NC(=O)c1cccc(F)c1Br)c1ccccc1. The van der Waals surface area contributed by atoms with Crippen LogP contribution in [0.4, 0.5) is 4.39 Å². The zero-order valence-corrected chi connectivity index (χ0v) is 13.7. The van der Waals surface area contributed by atoms with Crippen LogP contribution in [0.1, 0.15) is 22.8 Å². The lowest BCUT2D eigenvalue weighted by molar-refractivity contribution is 0.0912. The van der Waals surface area contributed by atoms with Crippen LogP contribution < -0.4 is 5.32 Å². The van der Waals surface area contributed by atoms with Crippen molar-refractivity contribution in [2.75, 3.05) is 5.88 Å². The monoisotopic (exact) mass is 369 g/mol. The predicted molar refractivity (Wildman–Crippen MR) is 86.1 cm³/mol. The van der Waals surface area contributed by atoms with Crippen molar-refractivity contribution in [3.63, 3.8) is 0 Å². The Morgan fingerprint density at radius 3 is 2.52 bits per heavy atom. The number of carbonyl (C=O) groups excluding carboxylic acids is 1. The number of amides is 1. The van der Waals surface area contributed by atoms with E-state index in [1.807, 2.05) is 37.3 Å². The number of rotatable bonds is 4. The van der Waals surface area contributed by atoms with Crippen LogP contribution in [-0.2, 0) is 5.54 Å². The Kier molecular flexibility index (Phi) is 5.01. The highest BCUT2D eigenvalue weighted by molar-refractivity contribution is 9.10. The average Bonchev–Trinajstić information content (AvgIpc) is 2.50. The van der Waals surface area contributed by atoms with Crippen LogP contribution in [0.3, 0.4) is 0 Å². The summed E-state index contributed by atoms with van der Waals surface area (Å²) in [7, 11) is 0. The first kappa shape index (κ1) is 16.0. The summed E-state index contributed by atoms with van der Waals surface area (Å²) in [6.07, 6.45) is 0. The largest absolute Gasteiger partial charge is 0.342 e. The Morgan fingerprint density at radius 2 is 1.90 bits per heavy atom. The van der Waals surface area contributed by atoms with E-state index < -0.39 is 11.4 Å². The Bertz CT molecular complexity index is 650. The topological polar surface area (TPSA) is 29.1 Å². The third-order valence-electron chi connectivity index (χ3n) is 3.26. The normalized spacial score (nSPS) is 13.5. The summed E-state index contributed by atoms with van der Waals surface area (Å²) in [6, 6.07) is 13.8. The smallest absolute Gasteiger partial charge is 0.253 e. The molecule has 0 aliphatic rings. The predicted octanol–water partition coefficient (Wildman–Crippen LogP) is 4.47. The minimum absolute atomic E-state index is 0.146. The lowest BCUT2D eigenvalue weighted by atomic mass is 9.93. The summed E-state index contributed by atoms with van der Waals surface area (Å²) in [5.41, 5.74) is 0.397. The van der Waals surface area contributed by atoms with Gasteiger partial charge in [-0.1, -0.05) is 36.4 Å². The van der Waals surface area contributed by atoms with Crippen molar-refractivity contribution in [2.24, 2.45) is 0 Å². The highest BCUT2D eigenvalue weighted by Gasteiger charge is 2.28. The lowest BCUT2D eigenvalue weighted by Gasteiger charge is -2.29. The molecular formula is C16H14BrClFNO. The first-order valence-electron chi connectivity index (χ1n) is 6.36. The molecule has 1 unspecified atom stereocenters. The second-order valence-corrected chi connectivity index (χ2v) is 5.95. The number of carbonyl (C=O) groups is 1. The van der Waals surface area contributed by atoms with Crippen LogP contribution in [0, 0.1) is 5.82 Å². The van der Waals surface area contributed by atoms with Gasteiger partial charge < -0.3 is 5.32 Å². The number of hydrogen-bond acceptors (Lipinski definition) is 1. The van der Waals surface area contributed by atoms with Gasteiger partial charge in [0.15, 0.2) is 0 Å². The highest BCUT2D eigenvalue weighted by Crippen LogP contribution is 2.25. The van der Waals surface area contributed by atoms with Crippen LogP contribution in [-0.4, -0.2) is 11.8 Å². The Morgan fingerprint density at radius 1 is 1.24 bits per heavy atom. The first-order chi connectivity index (χ1) is 9.98. The summed E-state index contributed by atoms with van der Waals surface area (Å²) in [5.74, 6) is -0.654. The number of alkyl halides is 1. The molecule has 0 saturated carbocycles. The molecule has 0 saturated heterocycles. The number of hydrogen-bond donors (Lipinski definition) is 1. The van der Waals surface area contributed by atoms with Gasteiger partial charge in [-0.05, 0) is 40.5 Å². The molecule has 5 heteroatoms. The first-order valence-corrected chi connectivity index (χ1v) is 7.69. The van der Waals surface area contributed by atoms with Gasteiger partial charge in [-0.2, -0.15) is 0 Å². The molecule has 0 aliphatic carbocycles. The van der Waals surface area contributed by atoms with E-state index in [2.05, 4.69) is 21.2 Å². The molecule has 0 spiro atoms. The molecule has 2 aromatic carbocycles. The number of halogens is 3. The van der Waals surface area contributed by atoms with Crippen molar-refractivity contribution in [2.45, 2.75) is 12.5 Å². The van der Waals surface area contributed by atoms with E-state index in [9.17, 15) is 9.18 Å². The van der Waals surface area contributed by atoms with E-state index in [4.69, 9.17) is 11.6 Å². The van der Waals surface area contributed by atoms with Crippen LogP contribution in [0.5, 0.6) is 0 Å². The molecule has 0 heterocycles. The van der Waals surface area contributed by atoms with Gasteiger partial charge in [0.05, 0.1) is 15.6 Å². The van der Waals surface area contributed by atoms with Crippen molar-refractivity contribution >= 4 is 33.4 Å². The van der Waals surface area contributed by atoms with Gasteiger partial charge in [-0.25, -0.2) is 4.39 Å². The third kappa shape index (κ3) is 3.44. The molecule has 1 N–H and O–H groups in total. The minimum atomic E-state index is -0.730. The molecule has 0 fully saturated rings. The van der Waals surface area contributed by atoms with Crippen LogP contribution in [0.15, 0.2) is 53.0 Å². The highest BCUT2D eigenvalue weighted by atomic mass is 79.9. The van der Waals surface area contributed by atoms with E-state index in [0.29, 0.717) is 0 Å². The third-order valence-corrected chi connectivity index (χ3v) is 4.60. The molecule has 2 nitrogen and oxygen atoms in total. The summed E-state index contributed by atoms with van der Waals surface area (Å²) in [6.45, 7) is 1.83. The maximum absolute atomic E-state index is 13.5. The molecule has 0 aromatic heterocycles. The van der Waals surface area contributed by atoms with Crippen molar-refractivity contribution < 1.29 is 9.18 Å². The summed E-state index contributed by atoms with van der Waals surface area (Å²) < 4.78 is 13.7. The molecular weight excluding hydrogens is 357 g/mol. The van der Waals surface area contributed by atoms with Gasteiger partial charge in [0.1, 0.15) is 5.82 Å². The van der Waals surface area contributed by atoms with Gasteiger partial charge in [-0.15, -0.1) is 11.6 Å². The molecule has 2 rings (SSSR count). The maximum Gasteiger partial charge on any atom is 0.253 e.